The topological polar surface area (TPSA) is 68.0 Å². The van der Waals surface area contributed by atoms with Gasteiger partial charge in [-0.3, -0.25) is 4.79 Å². The predicted octanol–water partition coefficient (Wildman–Crippen LogP) is 4.42. The fourth-order valence-electron chi connectivity index (χ4n) is 1.86. The highest BCUT2D eigenvalue weighted by Gasteiger charge is 2.09. The molecule has 0 fully saturated rings. The lowest BCUT2D eigenvalue weighted by atomic mass is 10.1. The summed E-state index contributed by atoms with van der Waals surface area (Å²) in [5, 5.41) is 3.45. The van der Waals surface area contributed by atoms with Gasteiger partial charge >= 0.3 is 0 Å². The molecular weight excluding hydrogens is 342 g/mol. The molecule has 2 rings (SSSR count). The van der Waals surface area contributed by atoms with E-state index in [4.69, 9.17) is 17.3 Å². The van der Waals surface area contributed by atoms with Crippen LogP contribution in [0.3, 0.4) is 0 Å². The van der Waals surface area contributed by atoms with Crippen molar-refractivity contribution in [2.75, 3.05) is 6.54 Å². The van der Waals surface area contributed by atoms with E-state index in [-0.39, 0.29) is 5.91 Å². The number of nitrogens with one attached hydrogen (secondary N) is 1. The average Bonchev–Trinajstić information content (AvgIpc) is 3.04. The molecule has 0 aliphatic rings. The van der Waals surface area contributed by atoms with Crippen LogP contribution in [0.5, 0.6) is 0 Å². The number of rotatable bonds is 5. The van der Waals surface area contributed by atoms with E-state index >= 15 is 0 Å². The molecule has 0 unspecified atom stereocenters. The number of halogens is 1. The Balaban J connectivity index is 0.00000139. The molecule has 1 aromatic carbocycles. The molecule has 4 nitrogen and oxygen atoms in total. The molecule has 0 radical (unpaired) electrons. The third-order valence-corrected chi connectivity index (χ3v) is 4.23. The van der Waals surface area contributed by atoms with Crippen LogP contribution in [0.4, 0.5) is 0 Å². The lowest BCUT2D eigenvalue weighted by Crippen LogP contribution is -2.22. The van der Waals surface area contributed by atoms with Gasteiger partial charge in [-0.05, 0) is 35.7 Å². The van der Waals surface area contributed by atoms with Crippen molar-refractivity contribution in [2.45, 2.75) is 20.8 Å². The minimum Gasteiger partial charge on any atom is -0.404 e. The Labute approximate surface area is 152 Å². The Kier molecular flexibility index (Phi) is 8.83. The Morgan fingerprint density at radius 1 is 1.38 bits per heavy atom. The Morgan fingerprint density at radius 3 is 2.67 bits per heavy atom. The quantitative estimate of drug-likeness (QED) is 0.773. The lowest BCUT2D eigenvalue weighted by Gasteiger charge is -2.04. The van der Waals surface area contributed by atoms with Gasteiger partial charge in [-0.1, -0.05) is 55.8 Å². The molecule has 24 heavy (non-hydrogen) atoms. The van der Waals surface area contributed by atoms with Crippen molar-refractivity contribution >= 4 is 34.6 Å². The average molecular weight is 364 g/mol. The van der Waals surface area contributed by atoms with E-state index in [1.165, 1.54) is 17.7 Å². The van der Waals surface area contributed by atoms with Crippen LogP contribution in [0.1, 0.15) is 34.6 Å². The van der Waals surface area contributed by atoms with Crippen molar-refractivity contribution in [1.29, 1.82) is 0 Å². The number of carbonyl (C=O) groups is 1. The van der Waals surface area contributed by atoms with Gasteiger partial charge in [0.05, 0.1) is 0 Å². The van der Waals surface area contributed by atoms with Gasteiger partial charge < -0.3 is 11.1 Å². The van der Waals surface area contributed by atoms with Crippen molar-refractivity contribution in [3.63, 3.8) is 0 Å². The second-order valence-electron chi connectivity index (χ2n) is 4.55. The monoisotopic (exact) mass is 363 g/mol. The third kappa shape index (κ3) is 5.51. The normalized spacial score (nSPS) is 11.1. The summed E-state index contributed by atoms with van der Waals surface area (Å²) in [7, 11) is 0. The molecule has 0 saturated carbocycles. The van der Waals surface area contributed by atoms with Crippen molar-refractivity contribution in [2.24, 2.45) is 5.73 Å². The van der Waals surface area contributed by atoms with Gasteiger partial charge in [0.1, 0.15) is 4.88 Å². The van der Waals surface area contributed by atoms with E-state index in [1.54, 1.807) is 6.20 Å². The zero-order valence-corrected chi connectivity index (χ0v) is 15.6. The Morgan fingerprint density at radius 2 is 2.08 bits per heavy atom. The number of aromatic nitrogens is 1. The Bertz CT molecular complexity index is 723. The number of allylic oxidation sites excluding steroid dienone is 2. The zero-order chi connectivity index (χ0) is 17.9. The number of benzene rings is 1. The summed E-state index contributed by atoms with van der Waals surface area (Å²) >= 11 is 7.33. The van der Waals surface area contributed by atoms with Gasteiger partial charge in [-0.2, -0.15) is 0 Å². The lowest BCUT2D eigenvalue weighted by molar-refractivity contribution is 0.0961. The first-order chi connectivity index (χ1) is 11.6. The third-order valence-electron chi connectivity index (χ3n) is 3.00. The van der Waals surface area contributed by atoms with Gasteiger partial charge in [-0.25, -0.2) is 4.37 Å². The molecule has 0 aliphatic carbocycles. The number of nitrogens with zero attached hydrogens (tertiary/aromatic N) is 1. The van der Waals surface area contributed by atoms with Crippen LogP contribution in [-0.4, -0.2) is 16.8 Å². The minimum atomic E-state index is -0.124. The number of hydrogen-bond donors (Lipinski definition) is 2. The molecule has 0 atom stereocenters. The van der Waals surface area contributed by atoms with Crippen molar-refractivity contribution < 1.29 is 4.79 Å². The highest BCUT2D eigenvalue weighted by Crippen LogP contribution is 2.23. The van der Waals surface area contributed by atoms with E-state index in [0.717, 1.165) is 16.7 Å². The van der Waals surface area contributed by atoms with Crippen LogP contribution >= 0.6 is 23.1 Å². The molecule has 2 aromatic rings. The molecule has 1 aromatic heterocycles. The number of carbonyl (C=O) groups excluding carboxylic acids is 1. The van der Waals surface area contributed by atoms with Crippen molar-refractivity contribution in [3.8, 4) is 0 Å². The standard InChI is InChI=1S/C16H16ClN3OS.C2H6/c1-11-10-20-22-15(11)16(21)19-8-4-5-12(9-18)13-6-2-3-7-14(13)17;1-2/h2-7,9-10H,8,18H2,1H3,(H,19,21);1-2H3/b5-4-,12-9+;. The van der Waals surface area contributed by atoms with Crippen LogP contribution in [-0.2, 0) is 0 Å². The summed E-state index contributed by atoms with van der Waals surface area (Å²) in [5.74, 6) is -0.124. The van der Waals surface area contributed by atoms with Crippen LogP contribution in [0.25, 0.3) is 5.57 Å². The van der Waals surface area contributed by atoms with E-state index < -0.39 is 0 Å². The van der Waals surface area contributed by atoms with Gasteiger partial charge in [0.15, 0.2) is 0 Å². The van der Waals surface area contributed by atoms with Crippen molar-refractivity contribution in [1.82, 2.24) is 9.69 Å². The molecule has 128 valence electrons. The number of amides is 1. The minimum absolute atomic E-state index is 0.124. The summed E-state index contributed by atoms with van der Waals surface area (Å²) in [5.41, 5.74) is 8.18. The summed E-state index contributed by atoms with van der Waals surface area (Å²) < 4.78 is 3.98. The molecule has 0 saturated heterocycles. The fraction of sp³-hybridized carbons (Fsp3) is 0.222. The molecule has 3 N–H and O–H groups in total. The summed E-state index contributed by atoms with van der Waals surface area (Å²) in [6.45, 7) is 6.26. The fourth-order valence-corrected chi connectivity index (χ4v) is 2.77. The Hall–Kier alpha value is -2.11. The molecule has 6 heteroatoms. The molecule has 0 bridgehead atoms. The maximum absolute atomic E-state index is 11.9. The summed E-state index contributed by atoms with van der Waals surface area (Å²) in [6.07, 6.45) is 6.84. The van der Waals surface area contributed by atoms with Gasteiger partial charge in [0.25, 0.3) is 5.91 Å². The maximum atomic E-state index is 11.9. The maximum Gasteiger partial charge on any atom is 0.263 e. The summed E-state index contributed by atoms with van der Waals surface area (Å²) in [6, 6.07) is 7.46. The SMILES string of the molecule is CC.Cc1cnsc1C(=O)NC/C=C\C(=C/N)c1ccccc1Cl. The van der Waals surface area contributed by atoms with E-state index in [2.05, 4.69) is 9.69 Å². The second kappa shape index (κ2) is 10.6. The number of nitrogens with two attached hydrogens (primary N) is 1. The number of aryl methyl sites for hydroxylation is 1. The van der Waals surface area contributed by atoms with Crippen molar-refractivity contribution in [3.05, 3.63) is 69.8 Å². The van der Waals surface area contributed by atoms with E-state index in [9.17, 15) is 4.79 Å². The largest absolute Gasteiger partial charge is 0.404 e. The van der Waals surface area contributed by atoms with Crippen LogP contribution in [0, 0.1) is 6.92 Å². The zero-order valence-electron chi connectivity index (χ0n) is 14.0. The van der Waals surface area contributed by atoms with Crippen LogP contribution < -0.4 is 11.1 Å². The van der Waals surface area contributed by atoms with Crippen LogP contribution in [0.15, 0.2) is 48.8 Å². The predicted molar refractivity (Wildman–Crippen MR) is 103 cm³/mol. The molecule has 0 spiro atoms. The first-order valence-electron chi connectivity index (χ1n) is 7.66. The van der Waals surface area contributed by atoms with E-state index in [1.807, 2.05) is 57.2 Å². The molecule has 0 aliphatic heterocycles. The molecule has 1 amide bonds. The highest BCUT2D eigenvalue weighted by atomic mass is 35.5. The van der Waals surface area contributed by atoms with Gasteiger partial charge in [0, 0.05) is 29.5 Å². The molecule has 1 heterocycles. The second-order valence-corrected chi connectivity index (χ2v) is 5.76. The first kappa shape index (κ1) is 19.9. The highest BCUT2D eigenvalue weighted by molar-refractivity contribution is 7.08. The van der Waals surface area contributed by atoms with Gasteiger partial charge in [0.2, 0.25) is 0 Å². The van der Waals surface area contributed by atoms with E-state index in [0.29, 0.717) is 16.4 Å². The van der Waals surface area contributed by atoms with Gasteiger partial charge in [-0.15, -0.1) is 0 Å². The number of hydrogen-bond acceptors (Lipinski definition) is 4. The first-order valence-corrected chi connectivity index (χ1v) is 8.81. The van der Waals surface area contributed by atoms with Crippen LogP contribution in [0.2, 0.25) is 5.02 Å². The molecular formula is C18H22ClN3OS. The smallest absolute Gasteiger partial charge is 0.263 e. The summed E-state index contributed by atoms with van der Waals surface area (Å²) in [4.78, 5) is 12.6.